The molecule has 0 bridgehead atoms. The highest BCUT2D eigenvalue weighted by Gasteiger charge is 2.19. The number of amides is 1. The first-order valence-electron chi connectivity index (χ1n) is 6.13. The lowest BCUT2D eigenvalue weighted by Gasteiger charge is -2.30. The van der Waals surface area contributed by atoms with E-state index in [1.54, 1.807) is 30.0 Å². The van der Waals surface area contributed by atoms with Crippen LogP contribution in [0, 0.1) is 11.3 Å². The Kier molecular flexibility index (Phi) is 4.90. The van der Waals surface area contributed by atoms with Crippen molar-refractivity contribution in [2.45, 2.75) is 32.9 Å². The number of nitrogens with zero attached hydrogens (tertiary/aromatic N) is 2. The summed E-state index contributed by atoms with van der Waals surface area (Å²) in [5.74, 6) is -0.451. The van der Waals surface area contributed by atoms with Crippen molar-refractivity contribution in [3.63, 3.8) is 0 Å². The summed E-state index contributed by atoms with van der Waals surface area (Å²) in [6, 6.07) is 7.11. The van der Waals surface area contributed by atoms with E-state index < -0.39 is 12.0 Å². The maximum Gasteiger partial charge on any atom is 0.236 e. The van der Waals surface area contributed by atoms with Crippen LogP contribution < -0.4 is 10.6 Å². The van der Waals surface area contributed by atoms with Crippen LogP contribution >= 0.6 is 0 Å². The normalized spacial score (nSPS) is 12.0. The summed E-state index contributed by atoms with van der Waals surface area (Å²) >= 11 is 0. The van der Waals surface area contributed by atoms with Gasteiger partial charge in [0.15, 0.2) is 0 Å². The molecular formula is C14H19N3O2. The first-order valence-corrected chi connectivity index (χ1v) is 6.13. The number of nitriles is 1. The van der Waals surface area contributed by atoms with Gasteiger partial charge < -0.3 is 15.7 Å². The molecule has 1 amide bonds. The minimum atomic E-state index is -0.683. The smallest absolute Gasteiger partial charge is 0.236 e. The molecule has 1 rings (SSSR count). The summed E-state index contributed by atoms with van der Waals surface area (Å²) in [4.78, 5) is 13.0. The number of nitrogens with two attached hydrogens (primary N) is 1. The predicted octanol–water partition coefficient (Wildman–Crippen LogP) is 1.31. The van der Waals surface area contributed by atoms with Crippen molar-refractivity contribution in [2.24, 2.45) is 5.73 Å². The van der Waals surface area contributed by atoms with E-state index in [2.05, 4.69) is 6.07 Å². The lowest BCUT2D eigenvalue weighted by molar-refractivity contribution is -0.116. The number of hydrogen-bond donors (Lipinski definition) is 2. The second-order valence-corrected chi connectivity index (χ2v) is 4.75. The van der Waals surface area contributed by atoms with Gasteiger partial charge >= 0.3 is 0 Å². The van der Waals surface area contributed by atoms with E-state index >= 15 is 0 Å². The maximum absolute atomic E-state index is 11.2. The molecule has 3 N–H and O–H groups in total. The standard InChI is InChI=1S/C14H19N3O2/c1-9(2)17(8-14(16)19)13-6-11(7-15)4-5-12(13)10(3)18/h4-6,9-10,18H,8H2,1-3H3,(H2,16,19)/t10-/m0/s1. The van der Waals surface area contributed by atoms with Gasteiger partial charge in [0.2, 0.25) is 5.91 Å². The van der Waals surface area contributed by atoms with E-state index in [1.807, 2.05) is 13.8 Å². The van der Waals surface area contributed by atoms with Crippen molar-refractivity contribution < 1.29 is 9.90 Å². The zero-order valence-electron chi connectivity index (χ0n) is 11.4. The molecule has 1 aromatic carbocycles. The van der Waals surface area contributed by atoms with E-state index in [4.69, 9.17) is 11.0 Å². The molecule has 1 aromatic rings. The summed E-state index contributed by atoms with van der Waals surface area (Å²) in [5, 5.41) is 18.8. The Bertz CT molecular complexity index is 504. The second-order valence-electron chi connectivity index (χ2n) is 4.75. The molecule has 0 spiro atoms. The van der Waals surface area contributed by atoms with Crippen LogP contribution in [0.2, 0.25) is 0 Å². The monoisotopic (exact) mass is 261 g/mol. The molecule has 0 aromatic heterocycles. The average Bonchev–Trinajstić information content (AvgIpc) is 2.34. The zero-order chi connectivity index (χ0) is 14.6. The van der Waals surface area contributed by atoms with Crippen LogP contribution in [0.3, 0.4) is 0 Å². The Balaban J connectivity index is 3.33. The van der Waals surface area contributed by atoms with Crippen LogP contribution in [0.25, 0.3) is 0 Å². The number of benzene rings is 1. The Morgan fingerprint density at radius 2 is 2.11 bits per heavy atom. The number of primary amides is 1. The third-order valence-corrected chi connectivity index (χ3v) is 2.87. The van der Waals surface area contributed by atoms with Gasteiger partial charge in [-0.25, -0.2) is 0 Å². The Morgan fingerprint density at radius 3 is 2.53 bits per heavy atom. The summed E-state index contributed by atoms with van der Waals surface area (Å²) < 4.78 is 0. The molecule has 0 aliphatic heterocycles. The highest BCUT2D eigenvalue weighted by Crippen LogP contribution is 2.28. The van der Waals surface area contributed by atoms with E-state index in [1.165, 1.54) is 0 Å². The first-order chi connectivity index (χ1) is 8.86. The molecule has 0 saturated carbocycles. The molecule has 102 valence electrons. The molecule has 0 heterocycles. The molecule has 5 nitrogen and oxygen atoms in total. The number of anilines is 1. The van der Waals surface area contributed by atoms with Gasteiger partial charge in [0.25, 0.3) is 0 Å². The van der Waals surface area contributed by atoms with Crippen molar-refractivity contribution in [1.82, 2.24) is 0 Å². The average molecular weight is 261 g/mol. The van der Waals surface area contributed by atoms with Crippen LogP contribution in [0.4, 0.5) is 5.69 Å². The topological polar surface area (TPSA) is 90.4 Å². The van der Waals surface area contributed by atoms with Crippen molar-refractivity contribution in [2.75, 3.05) is 11.4 Å². The van der Waals surface area contributed by atoms with E-state index in [9.17, 15) is 9.90 Å². The summed E-state index contributed by atoms with van der Waals surface area (Å²) in [6.45, 7) is 5.54. The van der Waals surface area contributed by atoms with Gasteiger partial charge in [-0.05, 0) is 32.9 Å². The number of carbonyl (C=O) groups excluding carboxylic acids is 1. The number of carbonyl (C=O) groups is 1. The summed E-state index contributed by atoms with van der Waals surface area (Å²) in [5.41, 5.74) is 7.08. The highest BCUT2D eigenvalue weighted by atomic mass is 16.3. The SMILES string of the molecule is CC(C)N(CC(N)=O)c1cc(C#N)ccc1[C@H](C)O. The molecule has 0 fully saturated rings. The number of aliphatic hydroxyl groups excluding tert-OH is 1. The number of aliphatic hydroxyl groups is 1. The fraction of sp³-hybridized carbons (Fsp3) is 0.429. The third kappa shape index (κ3) is 3.70. The molecule has 0 aliphatic rings. The van der Waals surface area contributed by atoms with Crippen LogP contribution in [-0.4, -0.2) is 23.6 Å². The van der Waals surface area contributed by atoms with Gasteiger partial charge in [-0.1, -0.05) is 6.07 Å². The quantitative estimate of drug-likeness (QED) is 0.836. The van der Waals surface area contributed by atoms with Crippen LogP contribution in [0.15, 0.2) is 18.2 Å². The molecular weight excluding hydrogens is 242 g/mol. The summed E-state index contributed by atoms with van der Waals surface area (Å²) in [7, 11) is 0. The van der Waals surface area contributed by atoms with Gasteiger partial charge in [-0.2, -0.15) is 5.26 Å². The van der Waals surface area contributed by atoms with Crippen molar-refractivity contribution in [3.8, 4) is 6.07 Å². The van der Waals surface area contributed by atoms with Crippen LogP contribution in [0.5, 0.6) is 0 Å². The number of hydrogen-bond acceptors (Lipinski definition) is 4. The van der Waals surface area contributed by atoms with E-state index in [-0.39, 0.29) is 12.6 Å². The molecule has 0 saturated heterocycles. The Morgan fingerprint density at radius 1 is 1.47 bits per heavy atom. The van der Waals surface area contributed by atoms with Crippen molar-refractivity contribution in [1.29, 1.82) is 5.26 Å². The predicted molar refractivity (Wildman–Crippen MR) is 73.5 cm³/mol. The molecule has 0 aliphatic carbocycles. The molecule has 1 atom stereocenters. The lowest BCUT2D eigenvalue weighted by atomic mass is 10.0. The zero-order valence-corrected chi connectivity index (χ0v) is 11.4. The van der Waals surface area contributed by atoms with Crippen molar-refractivity contribution in [3.05, 3.63) is 29.3 Å². The molecule has 19 heavy (non-hydrogen) atoms. The second kappa shape index (κ2) is 6.21. The van der Waals surface area contributed by atoms with E-state index in [0.717, 1.165) is 0 Å². The largest absolute Gasteiger partial charge is 0.389 e. The molecule has 5 heteroatoms. The minimum Gasteiger partial charge on any atom is -0.389 e. The van der Waals surface area contributed by atoms with Gasteiger partial charge in [-0.15, -0.1) is 0 Å². The lowest BCUT2D eigenvalue weighted by Crippen LogP contribution is -2.39. The Hall–Kier alpha value is -2.06. The highest BCUT2D eigenvalue weighted by molar-refractivity contribution is 5.80. The number of rotatable bonds is 5. The fourth-order valence-electron chi connectivity index (χ4n) is 1.93. The van der Waals surface area contributed by atoms with Crippen molar-refractivity contribution >= 4 is 11.6 Å². The molecule has 0 radical (unpaired) electrons. The maximum atomic E-state index is 11.2. The van der Waals surface area contributed by atoms with Gasteiger partial charge in [0, 0.05) is 17.3 Å². The van der Waals surface area contributed by atoms with Gasteiger partial charge in [0.05, 0.1) is 24.3 Å². The third-order valence-electron chi connectivity index (χ3n) is 2.87. The van der Waals surface area contributed by atoms with Gasteiger partial charge in [0.1, 0.15) is 0 Å². The Labute approximate surface area is 113 Å². The first kappa shape index (κ1) is 15.0. The minimum absolute atomic E-state index is 0.0268. The van der Waals surface area contributed by atoms with Crippen LogP contribution in [0.1, 0.15) is 38.0 Å². The van der Waals surface area contributed by atoms with Crippen LogP contribution in [-0.2, 0) is 4.79 Å². The molecule has 0 unspecified atom stereocenters. The van der Waals surface area contributed by atoms with E-state index in [0.29, 0.717) is 16.8 Å². The fourth-order valence-corrected chi connectivity index (χ4v) is 1.93. The van der Waals surface area contributed by atoms with Gasteiger partial charge in [-0.3, -0.25) is 4.79 Å². The summed E-state index contributed by atoms with van der Waals surface area (Å²) in [6.07, 6.45) is -0.683.